The topological polar surface area (TPSA) is 82.0 Å². The Kier molecular flexibility index (Phi) is 6.96. The summed E-state index contributed by atoms with van der Waals surface area (Å²) in [5.74, 6) is 1.56. The quantitative estimate of drug-likeness (QED) is 0.517. The van der Waals surface area contributed by atoms with Crippen LogP contribution < -0.4 is 9.47 Å². The summed E-state index contributed by atoms with van der Waals surface area (Å²) < 4.78 is 19.0. The minimum absolute atomic E-state index is 0.0178. The predicted molar refractivity (Wildman–Crippen MR) is 129 cm³/mol. The Labute approximate surface area is 205 Å². The molecule has 1 atom stereocenters. The minimum Gasteiger partial charge on any atom is -0.497 e. The van der Waals surface area contributed by atoms with E-state index in [4.69, 9.17) is 14.2 Å². The molecule has 1 amide bonds. The monoisotopic (exact) mass is 477 g/mol. The second kappa shape index (κ2) is 10.5. The molecule has 2 aromatic carbocycles. The van der Waals surface area contributed by atoms with Crippen LogP contribution in [0.3, 0.4) is 0 Å². The van der Waals surface area contributed by atoms with Crippen LogP contribution in [0.15, 0.2) is 48.5 Å². The van der Waals surface area contributed by atoms with Crippen molar-refractivity contribution in [3.8, 4) is 11.5 Å². The number of methoxy groups -OCH3 is 1. The highest BCUT2D eigenvalue weighted by atomic mass is 16.5. The van der Waals surface area contributed by atoms with Crippen molar-refractivity contribution >= 4 is 5.91 Å². The normalized spacial score (nSPS) is 18.2. The zero-order valence-electron chi connectivity index (χ0n) is 20.2. The summed E-state index contributed by atoms with van der Waals surface area (Å²) in [5.41, 5.74) is 4.23. The summed E-state index contributed by atoms with van der Waals surface area (Å²) in [5, 5.41) is 8.83. The number of hydrogen-bond acceptors (Lipinski definition) is 7. The van der Waals surface area contributed by atoms with Gasteiger partial charge in [-0.2, -0.15) is 0 Å². The first-order chi connectivity index (χ1) is 17.1. The Morgan fingerprint density at radius 1 is 1.03 bits per heavy atom. The van der Waals surface area contributed by atoms with Crippen molar-refractivity contribution in [1.29, 1.82) is 0 Å². The van der Waals surface area contributed by atoms with E-state index in [-0.39, 0.29) is 18.6 Å². The number of piperazine rings is 1. The molecule has 2 aliphatic heterocycles. The lowest BCUT2D eigenvalue weighted by Crippen LogP contribution is -2.49. The molecule has 0 radical (unpaired) electrons. The third kappa shape index (κ3) is 5.47. The summed E-state index contributed by atoms with van der Waals surface area (Å²) in [4.78, 5) is 16.8. The van der Waals surface area contributed by atoms with Crippen LogP contribution in [-0.2, 0) is 29.2 Å². The van der Waals surface area contributed by atoms with Crippen LogP contribution >= 0.6 is 0 Å². The molecule has 9 nitrogen and oxygen atoms in total. The molecule has 35 heavy (non-hydrogen) atoms. The molecule has 0 bridgehead atoms. The summed E-state index contributed by atoms with van der Waals surface area (Å²) in [6.45, 7) is 6.84. The number of hydrogen-bond donors (Lipinski definition) is 0. The largest absolute Gasteiger partial charge is 0.497 e. The highest BCUT2D eigenvalue weighted by Crippen LogP contribution is 2.28. The van der Waals surface area contributed by atoms with E-state index in [1.165, 1.54) is 0 Å². The molecule has 9 heteroatoms. The molecular formula is C26H31N5O4. The van der Waals surface area contributed by atoms with Gasteiger partial charge in [-0.05, 0) is 36.8 Å². The number of ether oxygens (including phenoxy) is 3. The third-order valence-electron chi connectivity index (χ3n) is 6.65. The van der Waals surface area contributed by atoms with Crippen LogP contribution in [0.4, 0.5) is 0 Å². The Hall–Kier alpha value is -3.43. The van der Waals surface area contributed by atoms with Gasteiger partial charge in [0.15, 0.2) is 6.61 Å². The molecule has 2 aliphatic rings. The molecule has 1 unspecified atom stereocenters. The highest BCUT2D eigenvalue weighted by Gasteiger charge is 2.27. The molecule has 184 valence electrons. The van der Waals surface area contributed by atoms with Gasteiger partial charge in [0, 0.05) is 32.7 Å². The second-order valence-corrected chi connectivity index (χ2v) is 9.00. The highest BCUT2D eigenvalue weighted by molar-refractivity contribution is 5.77. The van der Waals surface area contributed by atoms with Crippen molar-refractivity contribution in [2.75, 3.05) is 39.9 Å². The van der Waals surface area contributed by atoms with Gasteiger partial charge in [-0.1, -0.05) is 35.0 Å². The molecular weight excluding hydrogens is 446 g/mol. The average Bonchev–Trinajstić information content (AvgIpc) is 3.30. The van der Waals surface area contributed by atoms with Crippen molar-refractivity contribution in [3.05, 3.63) is 71.0 Å². The second-order valence-electron chi connectivity index (χ2n) is 9.00. The van der Waals surface area contributed by atoms with Crippen molar-refractivity contribution < 1.29 is 19.0 Å². The van der Waals surface area contributed by atoms with Gasteiger partial charge in [0.05, 0.1) is 26.0 Å². The summed E-state index contributed by atoms with van der Waals surface area (Å²) in [7, 11) is 1.66. The average molecular weight is 478 g/mol. The van der Waals surface area contributed by atoms with E-state index in [0.717, 1.165) is 47.1 Å². The van der Waals surface area contributed by atoms with Gasteiger partial charge >= 0.3 is 0 Å². The van der Waals surface area contributed by atoms with Crippen LogP contribution in [0.25, 0.3) is 0 Å². The van der Waals surface area contributed by atoms with Crippen molar-refractivity contribution in [2.24, 2.45) is 0 Å². The maximum absolute atomic E-state index is 12.6. The van der Waals surface area contributed by atoms with Gasteiger partial charge in [0.2, 0.25) is 0 Å². The van der Waals surface area contributed by atoms with Gasteiger partial charge in [0.25, 0.3) is 5.91 Å². The first-order valence-electron chi connectivity index (χ1n) is 12.0. The molecule has 3 aromatic rings. The van der Waals surface area contributed by atoms with Crippen molar-refractivity contribution in [1.82, 2.24) is 24.8 Å². The van der Waals surface area contributed by atoms with E-state index in [1.807, 2.05) is 65.0 Å². The fraction of sp³-hybridized carbons (Fsp3) is 0.423. The fourth-order valence-electron chi connectivity index (χ4n) is 4.44. The molecule has 0 N–H and O–H groups in total. The van der Waals surface area contributed by atoms with Gasteiger partial charge in [-0.3, -0.25) is 9.69 Å². The molecule has 1 aromatic heterocycles. The molecule has 5 rings (SSSR count). The summed E-state index contributed by atoms with van der Waals surface area (Å²) in [6.07, 6.45) is -0.0559. The van der Waals surface area contributed by atoms with Gasteiger partial charge in [-0.15, -0.1) is 5.10 Å². The Bertz CT molecular complexity index is 1140. The van der Waals surface area contributed by atoms with E-state index in [9.17, 15) is 4.79 Å². The Morgan fingerprint density at radius 3 is 2.46 bits per heavy atom. The number of amides is 1. The molecule has 0 spiro atoms. The third-order valence-corrected chi connectivity index (χ3v) is 6.65. The van der Waals surface area contributed by atoms with Gasteiger partial charge in [-0.25, -0.2) is 4.68 Å². The Morgan fingerprint density at radius 2 is 1.74 bits per heavy atom. The molecule has 0 saturated carbocycles. The lowest BCUT2D eigenvalue weighted by Gasteiger charge is -2.34. The standard InChI is InChI=1S/C26H31N5O4/c1-19-3-7-22(8-4-19)34-18-26(32)30-13-11-29(12-14-30)15-23-24-17-35-25(16-31(24)28-27-23)20-5-9-21(33-2)10-6-20/h3-10,25H,11-18H2,1-2H3. The molecule has 3 heterocycles. The first-order valence-corrected chi connectivity index (χ1v) is 12.0. The smallest absolute Gasteiger partial charge is 0.260 e. The molecule has 1 saturated heterocycles. The number of aromatic nitrogens is 3. The van der Waals surface area contributed by atoms with E-state index < -0.39 is 0 Å². The number of carbonyl (C=O) groups is 1. The van der Waals surface area contributed by atoms with Crippen LogP contribution in [0.5, 0.6) is 11.5 Å². The number of carbonyl (C=O) groups excluding carboxylic acids is 1. The SMILES string of the molecule is COc1ccc(C2Cn3nnc(CN4CCN(C(=O)COc5ccc(C)cc5)CC4)c3CO2)cc1. The number of rotatable bonds is 7. The zero-order valence-corrected chi connectivity index (χ0v) is 20.2. The summed E-state index contributed by atoms with van der Waals surface area (Å²) >= 11 is 0. The van der Waals surface area contributed by atoms with Gasteiger partial charge < -0.3 is 19.1 Å². The number of fused-ring (bicyclic) bond motifs is 1. The number of benzene rings is 2. The van der Waals surface area contributed by atoms with E-state index in [2.05, 4.69) is 15.2 Å². The van der Waals surface area contributed by atoms with Crippen molar-refractivity contribution in [3.63, 3.8) is 0 Å². The molecule has 1 fully saturated rings. The predicted octanol–water partition coefficient (Wildman–Crippen LogP) is 2.59. The first kappa shape index (κ1) is 23.3. The van der Waals surface area contributed by atoms with Crippen LogP contribution in [0.2, 0.25) is 0 Å². The maximum atomic E-state index is 12.6. The lowest BCUT2D eigenvalue weighted by molar-refractivity contribution is -0.135. The zero-order chi connectivity index (χ0) is 24.2. The van der Waals surface area contributed by atoms with Crippen LogP contribution in [0, 0.1) is 6.92 Å². The van der Waals surface area contributed by atoms with Crippen molar-refractivity contribution in [2.45, 2.75) is 32.7 Å². The van der Waals surface area contributed by atoms with Gasteiger partial charge in [0.1, 0.15) is 23.3 Å². The van der Waals surface area contributed by atoms with E-state index >= 15 is 0 Å². The lowest BCUT2D eigenvalue weighted by atomic mass is 10.1. The van der Waals surface area contributed by atoms with E-state index in [1.54, 1.807) is 7.11 Å². The number of aryl methyl sites for hydroxylation is 1. The van der Waals surface area contributed by atoms with Crippen LogP contribution in [0.1, 0.15) is 28.6 Å². The molecule has 0 aliphatic carbocycles. The van der Waals surface area contributed by atoms with Crippen LogP contribution in [-0.4, -0.2) is 70.6 Å². The fourth-order valence-corrected chi connectivity index (χ4v) is 4.44. The number of nitrogens with zero attached hydrogens (tertiary/aromatic N) is 5. The Balaban J connectivity index is 1.10. The minimum atomic E-state index is -0.0559. The maximum Gasteiger partial charge on any atom is 0.260 e. The summed E-state index contributed by atoms with van der Waals surface area (Å²) in [6, 6.07) is 15.7. The van der Waals surface area contributed by atoms with E-state index in [0.29, 0.717) is 32.8 Å².